The number of hydrogen-bond donors (Lipinski definition) is 2. The molecule has 2 N–H and O–H groups in total. The Balaban J connectivity index is 0.000000396. The lowest BCUT2D eigenvalue weighted by Crippen LogP contribution is -2.54. The van der Waals surface area contributed by atoms with Crippen LogP contribution in [0.15, 0.2) is 24.3 Å². The Bertz CT molecular complexity index is 652. The van der Waals surface area contributed by atoms with E-state index in [2.05, 4.69) is 9.80 Å². The molecule has 0 bridgehead atoms. The van der Waals surface area contributed by atoms with Crippen molar-refractivity contribution in [2.24, 2.45) is 0 Å². The van der Waals surface area contributed by atoms with Crippen LogP contribution in [0.25, 0.3) is 0 Å². The number of aliphatic hydroxyl groups is 1. The quantitative estimate of drug-likeness (QED) is 0.714. The van der Waals surface area contributed by atoms with E-state index < -0.39 is 12.1 Å². The molecular weight excluding hydrogens is 425 g/mol. The van der Waals surface area contributed by atoms with E-state index in [9.17, 15) is 18.3 Å². The van der Waals surface area contributed by atoms with Gasteiger partial charge in [-0.3, -0.25) is 9.80 Å². The summed E-state index contributed by atoms with van der Waals surface area (Å²) in [5.74, 6) is -1.88. The van der Waals surface area contributed by atoms with Gasteiger partial charge in [-0.15, -0.1) is 0 Å². The molecule has 0 spiro atoms. The molecule has 170 valence electrons. The molecule has 30 heavy (non-hydrogen) atoms. The molecule has 1 aliphatic heterocycles. The van der Waals surface area contributed by atoms with Crippen LogP contribution in [0.5, 0.6) is 5.75 Å². The van der Waals surface area contributed by atoms with E-state index in [1.807, 2.05) is 24.3 Å². The molecule has 1 aromatic rings. The molecule has 10 heteroatoms. The number of hydrogen-bond acceptors (Lipinski definition) is 5. The molecular formula is C20H28ClF3N2O4. The van der Waals surface area contributed by atoms with E-state index in [1.165, 1.54) is 12.8 Å². The van der Waals surface area contributed by atoms with Gasteiger partial charge in [-0.25, -0.2) is 4.79 Å². The van der Waals surface area contributed by atoms with E-state index in [4.69, 9.17) is 26.2 Å². The molecule has 1 saturated carbocycles. The molecule has 1 aliphatic carbocycles. The van der Waals surface area contributed by atoms with Gasteiger partial charge in [-0.2, -0.15) is 13.2 Å². The molecule has 2 atom stereocenters. The zero-order valence-electron chi connectivity index (χ0n) is 16.7. The van der Waals surface area contributed by atoms with Crippen molar-refractivity contribution in [3.8, 4) is 5.75 Å². The van der Waals surface area contributed by atoms with Gasteiger partial charge in [0.2, 0.25) is 0 Å². The second-order valence-corrected chi connectivity index (χ2v) is 7.84. The molecule has 0 radical (unpaired) electrons. The van der Waals surface area contributed by atoms with Gasteiger partial charge < -0.3 is 14.9 Å². The predicted octanol–water partition coefficient (Wildman–Crippen LogP) is 3.27. The van der Waals surface area contributed by atoms with Crippen LogP contribution >= 0.6 is 11.6 Å². The summed E-state index contributed by atoms with van der Waals surface area (Å²) in [6.45, 7) is 5.89. The van der Waals surface area contributed by atoms with Gasteiger partial charge in [0.1, 0.15) is 12.4 Å². The summed E-state index contributed by atoms with van der Waals surface area (Å²) < 4.78 is 37.5. The topological polar surface area (TPSA) is 73.2 Å². The number of benzene rings is 1. The van der Waals surface area contributed by atoms with Crippen LogP contribution in [0.4, 0.5) is 13.2 Å². The normalized spacial score (nSPS) is 23.4. The molecule has 3 rings (SSSR count). The fraction of sp³-hybridized carbons (Fsp3) is 0.650. The van der Waals surface area contributed by atoms with Crippen LogP contribution in [-0.2, 0) is 4.79 Å². The van der Waals surface area contributed by atoms with Crippen LogP contribution in [0.1, 0.15) is 25.7 Å². The number of piperazine rings is 1. The first kappa shape index (κ1) is 24.7. The van der Waals surface area contributed by atoms with Crippen LogP contribution in [0.3, 0.4) is 0 Å². The van der Waals surface area contributed by atoms with Crippen LogP contribution in [0.2, 0.25) is 5.02 Å². The predicted molar refractivity (Wildman–Crippen MR) is 107 cm³/mol. The number of aliphatic hydroxyl groups excluding tert-OH is 1. The number of carboxylic acid groups (broad SMARTS) is 1. The number of carboxylic acids is 1. The fourth-order valence-corrected chi connectivity index (χ4v) is 3.79. The first-order valence-corrected chi connectivity index (χ1v) is 10.4. The van der Waals surface area contributed by atoms with E-state index >= 15 is 0 Å². The summed E-state index contributed by atoms with van der Waals surface area (Å²) >= 11 is 5.87. The van der Waals surface area contributed by atoms with Gasteiger partial charge in [-0.1, -0.05) is 24.4 Å². The van der Waals surface area contributed by atoms with Gasteiger partial charge in [0.15, 0.2) is 0 Å². The van der Waals surface area contributed by atoms with Crippen molar-refractivity contribution in [3.63, 3.8) is 0 Å². The lowest BCUT2D eigenvalue weighted by atomic mass is 9.91. The van der Waals surface area contributed by atoms with E-state index in [1.54, 1.807) is 0 Å². The molecule has 1 saturated heterocycles. The highest BCUT2D eigenvalue weighted by Crippen LogP contribution is 2.24. The largest absolute Gasteiger partial charge is 0.492 e. The third kappa shape index (κ3) is 8.29. The molecule has 1 heterocycles. The summed E-state index contributed by atoms with van der Waals surface area (Å²) in [7, 11) is 0. The average molecular weight is 453 g/mol. The number of ether oxygens (including phenoxy) is 1. The standard InChI is InChI=1S/C18H27ClN2O2.C2HF3O2/c19-15-5-7-16(8-6-15)23-14-13-20-9-11-21(12-10-20)17-3-1-2-4-18(17)22;3-2(4,5)1(6)7/h5-8,17-18,22H,1-4,9-14H2;(H,6,7)/t17-,18-;/m0./s1. The van der Waals surface area contributed by atoms with Crippen LogP contribution in [0, 0.1) is 0 Å². The number of rotatable bonds is 5. The summed E-state index contributed by atoms with van der Waals surface area (Å²) in [6, 6.07) is 7.90. The van der Waals surface area contributed by atoms with Gasteiger partial charge in [-0.05, 0) is 37.1 Å². The molecule has 0 unspecified atom stereocenters. The molecule has 2 aliphatic rings. The minimum atomic E-state index is -5.08. The Morgan fingerprint density at radius 3 is 2.20 bits per heavy atom. The van der Waals surface area contributed by atoms with E-state index in [0.29, 0.717) is 12.6 Å². The second kappa shape index (κ2) is 11.7. The van der Waals surface area contributed by atoms with Crippen molar-refractivity contribution in [1.29, 1.82) is 0 Å². The van der Waals surface area contributed by atoms with Crippen molar-refractivity contribution >= 4 is 17.6 Å². The summed E-state index contributed by atoms with van der Waals surface area (Å²) in [5.41, 5.74) is 0. The molecule has 0 aromatic heterocycles. The maximum atomic E-state index is 10.6. The highest BCUT2D eigenvalue weighted by atomic mass is 35.5. The molecule has 2 fully saturated rings. The van der Waals surface area contributed by atoms with Gasteiger partial charge in [0.25, 0.3) is 0 Å². The highest BCUT2D eigenvalue weighted by Gasteiger charge is 2.38. The Morgan fingerprint density at radius 1 is 1.10 bits per heavy atom. The van der Waals surface area contributed by atoms with Crippen LogP contribution in [-0.4, -0.2) is 83.6 Å². The number of aliphatic carboxylic acids is 1. The number of carbonyl (C=O) groups is 1. The van der Waals surface area contributed by atoms with E-state index in [-0.39, 0.29) is 6.10 Å². The fourth-order valence-electron chi connectivity index (χ4n) is 3.66. The second-order valence-electron chi connectivity index (χ2n) is 7.40. The van der Waals surface area contributed by atoms with Crippen molar-refractivity contribution < 1.29 is 32.9 Å². The number of nitrogens with zero attached hydrogens (tertiary/aromatic N) is 2. The first-order chi connectivity index (χ1) is 14.2. The smallest absolute Gasteiger partial charge is 0.490 e. The molecule has 6 nitrogen and oxygen atoms in total. The maximum Gasteiger partial charge on any atom is 0.490 e. The van der Waals surface area contributed by atoms with Gasteiger partial charge in [0, 0.05) is 43.8 Å². The summed E-state index contributed by atoms with van der Waals surface area (Å²) in [6.07, 6.45) is -0.638. The van der Waals surface area contributed by atoms with Crippen LogP contribution < -0.4 is 4.74 Å². The van der Waals surface area contributed by atoms with Gasteiger partial charge in [0.05, 0.1) is 6.10 Å². The monoisotopic (exact) mass is 452 g/mol. The Labute approximate surface area is 179 Å². The first-order valence-electron chi connectivity index (χ1n) is 10.00. The van der Waals surface area contributed by atoms with Crippen molar-refractivity contribution in [2.75, 3.05) is 39.3 Å². The highest BCUT2D eigenvalue weighted by molar-refractivity contribution is 6.30. The third-order valence-electron chi connectivity index (χ3n) is 5.30. The maximum absolute atomic E-state index is 10.6. The SMILES string of the molecule is O=C(O)C(F)(F)F.O[C@H]1CCCC[C@@H]1N1CCN(CCOc2ccc(Cl)cc2)CC1. The third-order valence-corrected chi connectivity index (χ3v) is 5.55. The zero-order valence-corrected chi connectivity index (χ0v) is 17.4. The van der Waals surface area contributed by atoms with Crippen molar-refractivity contribution in [3.05, 3.63) is 29.3 Å². The average Bonchev–Trinajstić information content (AvgIpc) is 2.70. The van der Waals surface area contributed by atoms with E-state index in [0.717, 1.165) is 56.3 Å². The van der Waals surface area contributed by atoms with Crippen molar-refractivity contribution in [1.82, 2.24) is 9.80 Å². The zero-order chi connectivity index (χ0) is 22.1. The minimum Gasteiger partial charge on any atom is -0.492 e. The lowest BCUT2D eigenvalue weighted by Gasteiger charge is -2.42. The Hall–Kier alpha value is -1.55. The lowest BCUT2D eigenvalue weighted by molar-refractivity contribution is -0.192. The summed E-state index contributed by atoms with van der Waals surface area (Å²) in [4.78, 5) is 13.8. The molecule has 0 amide bonds. The summed E-state index contributed by atoms with van der Waals surface area (Å²) in [5, 5.41) is 18.0. The Morgan fingerprint density at radius 2 is 1.67 bits per heavy atom. The molecule has 1 aromatic carbocycles. The number of alkyl halides is 3. The van der Waals surface area contributed by atoms with Gasteiger partial charge >= 0.3 is 12.1 Å². The Kier molecular flexibility index (Phi) is 9.67. The van der Waals surface area contributed by atoms with Crippen molar-refractivity contribution in [2.45, 2.75) is 44.0 Å². The number of halogens is 4. The minimum absolute atomic E-state index is 0.122.